The summed E-state index contributed by atoms with van der Waals surface area (Å²) in [4.78, 5) is 26.7. The number of amides is 1. The van der Waals surface area contributed by atoms with E-state index in [9.17, 15) is 18.0 Å². The Labute approximate surface area is 178 Å². The van der Waals surface area contributed by atoms with E-state index in [0.29, 0.717) is 19.6 Å². The van der Waals surface area contributed by atoms with Gasteiger partial charge in [0.25, 0.3) is 5.91 Å². The molecule has 2 atom stereocenters. The first-order valence-electron chi connectivity index (χ1n) is 10.5. The van der Waals surface area contributed by atoms with Gasteiger partial charge in [0.2, 0.25) is 10.0 Å². The summed E-state index contributed by atoms with van der Waals surface area (Å²) in [5.41, 5.74) is 0.0695. The lowest BCUT2D eigenvalue weighted by molar-refractivity contribution is -0.138. The summed E-state index contributed by atoms with van der Waals surface area (Å²) < 4.78 is 38.6. The van der Waals surface area contributed by atoms with Crippen molar-refractivity contribution < 1.29 is 27.5 Å². The largest absolute Gasteiger partial charge is 0.495 e. The lowest BCUT2D eigenvalue weighted by Gasteiger charge is -2.32. The number of carbonyl (C=O) groups excluding carboxylic acids is 2. The molecule has 30 heavy (non-hydrogen) atoms. The van der Waals surface area contributed by atoms with Crippen molar-refractivity contribution in [3.05, 3.63) is 23.8 Å². The quantitative estimate of drug-likeness (QED) is 0.634. The smallest absolute Gasteiger partial charge is 0.338 e. The highest BCUT2D eigenvalue weighted by Gasteiger charge is 2.34. The van der Waals surface area contributed by atoms with Crippen LogP contribution in [0.25, 0.3) is 0 Å². The van der Waals surface area contributed by atoms with Crippen molar-refractivity contribution in [3.63, 3.8) is 0 Å². The Morgan fingerprint density at radius 3 is 2.40 bits per heavy atom. The van der Waals surface area contributed by atoms with Crippen molar-refractivity contribution in [2.75, 3.05) is 26.7 Å². The van der Waals surface area contributed by atoms with Crippen LogP contribution in [0.5, 0.6) is 5.75 Å². The van der Waals surface area contributed by atoms with Crippen LogP contribution < -0.4 is 4.74 Å². The average molecular weight is 439 g/mol. The third-order valence-corrected chi connectivity index (χ3v) is 7.81. The van der Waals surface area contributed by atoms with E-state index >= 15 is 0 Å². The first kappa shape index (κ1) is 22.6. The number of carbonyl (C=O) groups is 2. The zero-order valence-electron chi connectivity index (χ0n) is 17.8. The SMILES string of the molecule is COc1ccc(C(=O)O[C@H](C)C(=O)N2CCCC2)cc1S(=O)(=O)N1CCCC[C@@H]1C. The van der Waals surface area contributed by atoms with Gasteiger partial charge in [0.05, 0.1) is 12.7 Å². The summed E-state index contributed by atoms with van der Waals surface area (Å²) in [5, 5.41) is 0. The lowest BCUT2D eigenvalue weighted by atomic mass is 10.1. The predicted molar refractivity (Wildman–Crippen MR) is 111 cm³/mol. The molecule has 2 saturated heterocycles. The minimum atomic E-state index is -3.84. The molecule has 9 heteroatoms. The van der Waals surface area contributed by atoms with E-state index < -0.39 is 22.1 Å². The zero-order valence-corrected chi connectivity index (χ0v) is 18.6. The second-order valence-electron chi connectivity index (χ2n) is 7.91. The molecule has 166 valence electrons. The van der Waals surface area contributed by atoms with Crippen molar-refractivity contribution in [2.24, 2.45) is 0 Å². The molecule has 2 aliphatic rings. The Bertz CT molecular complexity index is 895. The van der Waals surface area contributed by atoms with Crippen LogP contribution in [0.15, 0.2) is 23.1 Å². The molecule has 1 amide bonds. The second kappa shape index (κ2) is 9.34. The molecule has 0 radical (unpaired) electrons. The molecule has 0 spiro atoms. The van der Waals surface area contributed by atoms with Crippen LogP contribution in [0, 0.1) is 0 Å². The van der Waals surface area contributed by atoms with Gasteiger partial charge < -0.3 is 14.4 Å². The monoisotopic (exact) mass is 438 g/mol. The molecule has 0 aliphatic carbocycles. The predicted octanol–water partition coefficient (Wildman–Crippen LogP) is 2.43. The molecule has 2 aliphatic heterocycles. The topological polar surface area (TPSA) is 93.2 Å². The Kier molecular flexibility index (Phi) is 7.02. The van der Waals surface area contributed by atoms with E-state index in [1.807, 2.05) is 6.92 Å². The van der Waals surface area contributed by atoms with Gasteiger partial charge in [-0.2, -0.15) is 4.31 Å². The van der Waals surface area contributed by atoms with Gasteiger partial charge >= 0.3 is 5.97 Å². The molecule has 0 unspecified atom stereocenters. The fraction of sp³-hybridized carbons (Fsp3) is 0.619. The van der Waals surface area contributed by atoms with Gasteiger partial charge in [-0.25, -0.2) is 13.2 Å². The standard InChI is InChI=1S/C21H30N2O6S/c1-15-8-4-5-13-23(15)30(26,27)19-14-17(9-10-18(19)28-3)21(25)29-16(2)20(24)22-11-6-7-12-22/h9-10,14-16H,4-8,11-13H2,1-3H3/t15-,16+/m0/s1. The number of methoxy groups -OCH3 is 1. The number of esters is 1. The highest BCUT2D eigenvalue weighted by Crippen LogP contribution is 2.32. The number of hydrogen-bond donors (Lipinski definition) is 0. The van der Waals surface area contributed by atoms with Gasteiger partial charge in [0.15, 0.2) is 6.10 Å². The molecule has 0 saturated carbocycles. The minimum absolute atomic E-state index is 0.0632. The van der Waals surface area contributed by atoms with Crippen LogP contribution in [0.1, 0.15) is 56.3 Å². The highest BCUT2D eigenvalue weighted by atomic mass is 32.2. The highest BCUT2D eigenvalue weighted by molar-refractivity contribution is 7.89. The summed E-state index contributed by atoms with van der Waals surface area (Å²) in [6, 6.07) is 4.06. The molecule has 0 aromatic heterocycles. The van der Waals surface area contributed by atoms with Crippen LogP contribution >= 0.6 is 0 Å². The number of nitrogens with zero attached hydrogens (tertiary/aromatic N) is 2. The maximum Gasteiger partial charge on any atom is 0.338 e. The second-order valence-corrected chi connectivity index (χ2v) is 9.77. The molecule has 2 fully saturated rings. The Balaban J connectivity index is 1.83. The van der Waals surface area contributed by atoms with Crippen LogP contribution in [-0.2, 0) is 19.6 Å². The first-order valence-corrected chi connectivity index (χ1v) is 11.9. The molecule has 8 nitrogen and oxygen atoms in total. The third-order valence-electron chi connectivity index (χ3n) is 5.78. The van der Waals surface area contributed by atoms with Crippen LogP contribution in [0.2, 0.25) is 0 Å². The van der Waals surface area contributed by atoms with Crippen molar-refractivity contribution in [1.29, 1.82) is 0 Å². The number of piperidine rings is 1. The fourth-order valence-corrected chi connectivity index (χ4v) is 5.92. The molecule has 2 heterocycles. The van der Waals surface area contributed by atoms with Gasteiger partial charge in [-0.1, -0.05) is 6.42 Å². The molecule has 1 aromatic carbocycles. The molecule has 0 bridgehead atoms. The Hall–Kier alpha value is -2.13. The molecular formula is C21H30N2O6S. The Morgan fingerprint density at radius 1 is 1.10 bits per heavy atom. The van der Waals surface area contributed by atoms with E-state index in [1.165, 1.54) is 36.5 Å². The van der Waals surface area contributed by atoms with Gasteiger partial charge in [0, 0.05) is 25.7 Å². The van der Waals surface area contributed by atoms with Gasteiger partial charge in [-0.3, -0.25) is 4.79 Å². The van der Waals surface area contributed by atoms with Gasteiger partial charge in [0.1, 0.15) is 10.6 Å². The normalized spacial score (nSPS) is 21.3. The van der Waals surface area contributed by atoms with Crippen LogP contribution in [0.4, 0.5) is 0 Å². The van der Waals surface area contributed by atoms with Gasteiger partial charge in [-0.15, -0.1) is 0 Å². The molecule has 1 aromatic rings. The third kappa shape index (κ3) is 4.62. The van der Waals surface area contributed by atoms with Crippen molar-refractivity contribution in [3.8, 4) is 5.75 Å². The maximum absolute atomic E-state index is 13.3. The molecular weight excluding hydrogens is 408 g/mol. The summed E-state index contributed by atoms with van der Waals surface area (Å²) in [6.07, 6.45) is 3.53. The Morgan fingerprint density at radius 2 is 1.77 bits per heavy atom. The summed E-state index contributed by atoms with van der Waals surface area (Å²) in [5.74, 6) is -0.796. The summed E-state index contributed by atoms with van der Waals surface area (Å²) >= 11 is 0. The van der Waals surface area contributed by atoms with Crippen molar-refractivity contribution >= 4 is 21.9 Å². The number of hydrogen-bond acceptors (Lipinski definition) is 6. The van der Waals surface area contributed by atoms with Gasteiger partial charge in [-0.05, 0) is 57.7 Å². The van der Waals surface area contributed by atoms with Crippen molar-refractivity contribution in [1.82, 2.24) is 9.21 Å². The number of ether oxygens (including phenoxy) is 2. The zero-order chi connectivity index (χ0) is 21.9. The minimum Gasteiger partial charge on any atom is -0.495 e. The number of likely N-dealkylation sites (tertiary alicyclic amines) is 1. The number of benzene rings is 1. The fourth-order valence-electron chi connectivity index (χ4n) is 4.03. The first-order chi connectivity index (χ1) is 14.3. The number of sulfonamides is 1. The van der Waals surface area contributed by atoms with E-state index in [0.717, 1.165) is 32.1 Å². The lowest BCUT2D eigenvalue weighted by Crippen LogP contribution is -2.42. The van der Waals surface area contributed by atoms with Crippen LogP contribution in [-0.4, -0.2) is 68.4 Å². The summed E-state index contributed by atoms with van der Waals surface area (Å²) in [7, 11) is -2.45. The van der Waals surface area contributed by atoms with E-state index in [4.69, 9.17) is 9.47 Å². The van der Waals surface area contributed by atoms with E-state index in [1.54, 1.807) is 4.90 Å². The molecule has 0 N–H and O–H groups in total. The summed E-state index contributed by atoms with van der Waals surface area (Å²) in [6.45, 7) is 5.18. The molecule has 3 rings (SSSR count). The average Bonchev–Trinajstić information content (AvgIpc) is 3.27. The van der Waals surface area contributed by atoms with Crippen molar-refractivity contribution in [2.45, 2.75) is 63.0 Å². The number of rotatable bonds is 6. The van der Waals surface area contributed by atoms with Crippen LogP contribution in [0.3, 0.4) is 0 Å². The van der Waals surface area contributed by atoms with E-state index in [2.05, 4.69) is 0 Å². The maximum atomic E-state index is 13.3. The van der Waals surface area contributed by atoms with E-state index in [-0.39, 0.29) is 28.2 Å².